The minimum absolute atomic E-state index is 0.843. The van der Waals surface area contributed by atoms with Crippen LogP contribution in [-0.4, -0.2) is 25.2 Å². The van der Waals surface area contributed by atoms with Crippen molar-refractivity contribution < 1.29 is 4.74 Å². The van der Waals surface area contributed by atoms with Gasteiger partial charge in [-0.1, -0.05) is 6.92 Å². The highest BCUT2D eigenvalue weighted by Gasteiger charge is 2.18. The molecule has 1 aromatic carbocycles. The molecule has 1 aliphatic rings. The van der Waals surface area contributed by atoms with E-state index in [-0.39, 0.29) is 0 Å². The molecule has 0 radical (unpaired) electrons. The molecule has 3 heteroatoms. The van der Waals surface area contributed by atoms with Crippen LogP contribution in [0.1, 0.15) is 25.5 Å². The molecule has 0 N–H and O–H groups in total. The summed E-state index contributed by atoms with van der Waals surface area (Å²) in [7, 11) is 1.71. The van der Waals surface area contributed by atoms with Crippen LogP contribution in [-0.2, 0) is 0 Å². The fourth-order valence-corrected chi connectivity index (χ4v) is 2.95. The first-order valence-corrected chi connectivity index (χ1v) is 7.37. The highest BCUT2D eigenvalue weighted by Crippen LogP contribution is 2.32. The lowest BCUT2D eigenvalue weighted by atomic mass is 9.98. The summed E-state index contributed by atoms with van der Waals surface area (Å²) in [6.45, 7) is 6.68. The molecule has 0 atom stereocenters. The van der Waals surface area contributed by atoms with Crippen molar-refractivity contribution in [1.82, 2.24) is 4.98 Å². The zero-order valence-corrected chi connectivity index (χ0v) is 12.5. The molecule has 3 nitrogen and oxygen atoms in total. The van der Waals surface area contributed by atoms with Crippen molar-refractivity contribution in [2.24, 2.45) is 5.92 Å². The number of benzene rings is 1. The summed E-state index contributed by atoms with van der Waals surface area (Å²) in [5.74, 6) is 1.74. The summed E-state index contributed by atoms with van der Waals surface area (Å²) in [5.41, 5.74) is 3.44. The van der Waals surface area contributed by atoms with E-state index < -0.39 is 0 Å². The second-order valence-corrected chi connectivity index (χ2v) is 5.84. The molecule has 106 valence electrons. The number of ether oxygens (including phenoxy) is 1. The number of aromatic nitrogens is 1. The molecule has 1 aliphatic heterocycles. The largest absolute Gasteiger partial charge is 0.497 e. The van der Waals surface area contributed by atoms with Crippen molar-refractivity contribution in [3.8, 4) is 5.75 Å². The van der Waals surface area contributed by atoms with E-state index in [1.165, 1.54) is 23.9 Å². The van der Waals surface area contributed by atoms with E-state index in [4.69, 9.17) is 4.74 Å². The molecule has 1 aromatic heterocycles. The van der Waals surface area contributed by atoms with Gasteiger partial charge in [-0.15, -0.1) is 0 Å². The first-order chi connectivity index (χ1) is 9.67. The summed E-state index contributed by atoms with van der Waals surface area (Å²) in [6.07, 6.45) is 2.54. The van der Waals surface area contributed by atoms with Crippen LogP contribution in [0.5, 0.6) is 5.75 Å². The lowest BCUT2D eigenvalue weighted by Crippen LogP contribution is -2.33. The highest BCUT2D eigenvalue weighted by molar-refractivity contribution is 5.93. The Kier molecular flexibility index (Phi) is 3.51. The van der Waals surface area contributed by atoms with E-state index in [1.807, 2.05) is 6.07 Å². The van der Waals surface area contributed by atoms with Crippen molar-refractivity contribution in [3.63, 3.8) is 0 Å². The maximum Gasteiger partial charge on any atom is 0.119 e. The second-order valence-electron chi connectivity index (χ2n) is 5.84. The van der Waals surface area contributed by atoms with Gasteiger partial charge in [-0.3, -0.25) is 4.98 Å². The van der Waals surface area contributed by atoms with Crippen LogP contribution >= 0.6 is 0 Å². The number of hydrogen-bond acceptors (Lipinski definition) is 3. The number of pyridine rings is 1. The van der Waals surface area contributed by atoms with Gasteiger partial charge >= 0.3 is 0 Å². The van der Waals surface area contributed by atoms with Gasteiger partial charge in [-0.2, -0.15) is 0 Å². The number of nitrogens with zero attached hydrogens (tertiary/aromatic N) is 2. The fraction of sp³-hybridized carbons (Fsp3) is 0.471. The molecule has 0 unspecified atom stereocenters. The van der Waals surface area contributed by atoms with Crippen molar-refractivity contribution in [2.45, 2.75) is 26.7 Å². The van der Waals surface area contributed by atoms with E-state index in [2.05, 4.69) is 41.9 Å². The van der Waals surface area contributed by atoms with Crippen LogP contribution in [0.2, 0.25) is 0 Å². The van der Waals surface area contributed by atoms with Crippen molar-refractivity contribution in [1.29, 1.82) is 0 Å². The summed E-state index contributed by atoms with van der Waals surface area (Å²) >= 11 is 0. The summed E-state index contributed by atoms with van der Waals surface area (Å²) in [6, 6.07) is 8.35. The zero-order valence-electron chi connectivity index (χ0n) is 12.5. The molecule has 0 saturated carbocycles. The number of methoxy groups -OCH3 is 1. The van der Waals surface area contributed by atoms with Crippen LogP contribution in [0.4, 0.5) is 5.69 Å². The Bertz CT molecular complexity index is 616. The third-order valence-electron chi connectivity index (χ3n) is 4.25. The number of rotatable bonds is 2. The van der Waals surface area contributed by atoms with Gasteiger partial charge in [0.15, 0.2) is 0 Å². The lowest BCUT2D eigenvalue weighted by Gasteiger charge is -2.33. The summed E-state index contributed by atoms with van der Waals surface area (Å²) in [4.78, 5) is 7.14. The quantitative estimate of drug-likeness (QED) is 0.830. The van der Waals surface area contributed by atoms with E-state index in [0.717, 1.165) is 36.0 Å². The van der Waals surface area contributed by atoms with E-state index in [0.29, 0.717) is 0 Å². The number of hydrogen-bond donors (Lipinski definition) is 0. The Labute approximate surface area is 120 Å². The van der Waals surface area contributed by atoms with Gasteiger partial charge < -0.3 is 9.64 Å². The number of piperidine rings is 1. The number of fused-ring (bicyclic) bond motifs is 1. The van der Waals surface area contributed by atoms with Crippen LogP contribution in [0.3, 0.4) is 0 Å². The van der Waals surface area contributed by atoms with Gasteiger partial charge in [-0.05, 0) is 49.9 Å². The average molecular weight is 270 g/mol. The highest BCUT2D eigenvalue weighted by atomic mass is 16.5. The molecular formula is C17H22N2O. The first kappa shape index (κ1) is 13.2. The molecule has 3 rings (SSSR count). The fourth-order valence-electron chi connectivity index (χ4n) is 2.95. The maximum atomic E-state index is 5.37. The smallest absolute Gasteiger partial charge is 0.119 e. The average Bonchev–Trinajstić information content (AvgIpc) is 2.47. The Hall–Kier alpha value is -1.77. The van der Waals surface area contributed by atoms with Crippen molar-refractivity contribution in [3.05, 3.63) is 30.0 Å². The van der Waals surface area contributed by atoms with Crippen molar-refractivity contribution >= 4 is 16.6 Å². The van der Waals surface area contributed by atoms with Crippen molar-refractivity contribution in [2.75, 3.05) is 25.1 Å². The first-order valence-electron chi connectivity index (χ1n) is 7.37. The van der Waals surface area contributed by atoms with Crippen LogP contribution < -0.4 is 9.64 Å². The van der Waals surface area contributed by atoms with Crippen LogP contribution in [0.15, 0.2) is 24.3 Å². The summed E-state index contributed by atoms with van der Waals surface area (Å²) < 4.78 is 5.37. The summed E-state index contributed by atoms with van der Waals surface area (Å²) in [5, 5.41) is 1.20. The molecule has 2 aromatic rings. The normalized spacial score (nSPS) is 16.6. The van der Waals surface area contributed by atoms with E-state index in [1.54, 1.807) is 7.11 Å². The van der Waals surface area contributed by atoms with Gasteiger partial charge in [-0.25, -0.2) is 0 Å². The molecule has 1 fully saturated rings. The van der Waals surface area contributed by atoms with Gasteiger partial charge in [0.1, 0.15) is 5.75 Å². The molecule has 2 heterocycles. The molecule has 20 heavy (non-hydrogen) atoms. The standard InChI is InChI=1S/C17H22N2O/c1-12-6-8-19(9-7-12)17-10-13(2)18-16-5-4-14(20-3)11-15(16)17/h4-5,10-12H,6-9H2,1-3H3. The van der Waals surface area contributed by atoms with Gasteiger partial charge in [0.2, 0.25) is 0 Å². The second kappa shape index (κ2) is 5.31. The minimum atomic E-state index is 0.843. The van der Waals surface area contributed by atoms with E-state index in [9.17, 15) is 0 Å². The maximum absolute atomic E-state index is 5.37. The lowest BCUT2D eigenvalue weighted by molar-refractivity contribution is 0.415. The predicted octanol–water partition coefficient (Wildman–Crippen LogP) is 3.79. The zero-order chi connectivity index (χ0) is 14.1. The predicted molar refractivity (Wildman–Crippen MR) is 83.6 cm³/mol. The molecular weight excluding hydrogens is 248 g/mol. The van der Waals surface area contributed by atoms with Gasteiger partial charge in [0.05, 0.1) is 12.6 Å². The molecule has 0 amide bonds. The third-order valence-corrected chi connectivity index (χ3v) is 4.25. The Morgan fingerprint density at radius 1 is 1.20 bits per heavy atom. The van der Waals surface area contributed by atoms with Crippen LogP contribution in [0, 0.1) is 12.8 Å². The Morgan fingerprint density at radius 2 is 1.95 bits per heavy atom. The molecule has 0 bridgehead atoms. The third kappa shape index (κ3) is 2.45. The number of anilines is 1. The SMILES string of the molecule is COc1ccc2nc(C)cc(N3CCC(C)CC3)c2c1. The Morgan fingerprint density at radius 3 is 2.65 bits per heavy atom. The molecule has 1 saturated heterocycles. The number of aryl methyl sites for hydroxylation is 1. The van der Waals surface area contributed by atoms with E-state index >= 15 is 0 Å². The molecule has 0 spiro atoms. The topological polar surface area (TPSA) is 25.4 Å². The van der Waals surface area contributed by atoms with Gasteiger partial charge in [0.25, 0.3) is 0 Å². The Balaban J connectivity index is 2.08. The van der Waals surface area contributed by atoms with Crippen LogP contribution in [0.25, 0.3) is 10.9 Å². The molecule has 0 aliphatic carbocycles. The minimum Gasteiger partial charge on any atom is -0.497 e. The monoisotopic (exact) mass is 270 g/mol. The van der Waals surface area contributed by atoms with Gasteiger partial charge in [0, 0.05) is 29.9 Å².